The van der Waals surface area contributed by atoms with Gasteiger partial charge in [0.05, 0.1) is 5.56 Å². The SMILES string of the molecule is CCCCCC1CCC(c2ccc(C3=Cc4cc(F)c(C#N)cc4CC3)c(F)c2)CC1. The van der Waals surface area contributed by atoms with Crippen molar-refractivity contribution in [1.82, 2.24) is 0 Å². The number of nitriles is 1. The van der Waals surface area contributed by atoms with Gasteiger partial charge < -0.3 is 0 Å². The highest BCUT2D eigenvalue weighted by atomic mass is 19.1. The van der Waals surface area contributed by atoms with Crippen molar-refractivity contribution in [3.8, 4) is 6.07 Å². The van der Waals surface area contributed by atoms with Crippen LogP contribution in [0, 0.1) is 28.9 Å². The van der Waals surface area contributed by atoms with E-state index >= 15 is 4.39 Å². The van der Waals surface area contributed by atoms with Crippen LogP contribution in [0.15, 0.2) is 30.3 Å². The summed E-state index contributed by atoms with van der Waals surface area (Å²) in [7, 11) is 0. The van der Waals surface area contributed by atoms with Crippen LogP contribution in [0.5, 0.6) is 0 Å². The van der Waals surface area contributed by atoms with Crippen LogP contribution < -0.4 is 0 Å². The summed E-state index contributed by atoms with van der Waals surface area (Å²) in [6.07, 6.45) is 13.4. The minimum Gasteiger partial charge on any atom is -0.206 e. The summed E-state index contributed by atoms with van der Waals surface area (Å²) in [5.74, 6) is 0.623. The number of halogens is 2. The molecule has 0 bridgehead atoms. The summed E-state index contributed by atoms with van der Waals surface area (Å²) in [5, 5.41) is 9.03. The minimum absolute atomic E-state index is 0.0752. The Morgan fingerprint density at radius 2 is 1.77 bits per heavy atom. The highest BCUT2D eigenvalue weighted by Gasteiger charge is 2.23. The van der Waals surface area contributed by atoms with E-state index in [4.69, 9.17) is 5.26 Å². The predicted molar refractivity (Wildman–Crippen MR) is 123 cm³/mol. The maximum absolute atomic E-state index is 15.1. The molecule has 2 aromatic carbocycles. The topological polar surface area (TPSA) is 23.8 Å². The van der Waals surface area contributed by atoms with Crippen LogP contribution in [-0.2, 0) is 6.42 Å². The van der Waals surface area contributed by atoms with Crippen molar-refractivity contribution in [1.29, 1.82) is 5.26 Å². The Morgan fingerprint density at radius 3 is 2.48 bits per heavy atom. The third-order valence-electron chi connectivity index (χ3n) is 7.22. The zero-order valence-electron chi connectivity index (χ0n) is 18.4. The fraction of sp³-hybridized carbons (Fsp3) is 0.464. The summed E-state index contributed by atoms with van der Waals surface area (Å²) in [5.41, 5.74) is 4.42. The molecule has 0 amide bonds. The smallest absolute Gasteiger partial charge is 0.141 e. The first kappa shape index (κ1) is 21.8. The molecular formula is C28H31F2N. The van der Waals surface area contributed by atoms with E-state index in [9.17, 15) is 4.39 Å². The molecule has 0 atom stereocenters. The number of aryl methyl sites for hydroxylation is 1. The normalized spacial score (nSPS) is 20.6. The number of fused-ring (bicyclic) bond motifs is 1. The van der Waals surface area contributed by atoms with Crippen molar-refractivity contribution in [2.24, 2.45) is 5.92 Å². The number of hydrogen-bond donors (Lipinski definition) is 0. The summed E-state index contributed by atoms with van der Waals surface area (Å²) < 4.78 is 29.1. The molecule has 2 aliphatic rings. The van der Waals surface area contributed by atoms with E-state index in [2.05, 4.69) is 13.0 Å². The second-order valence-electron chi connectivity index (χ2n) is 9.26. The van der Waals surface area contributed by atoms with Crippen LogP contribution in [0.4, 0.5) is 8.78 Å². The Balaban J connectivity index is 1.46. The average Bonchev–Trinajstić information content (AvgIpc) is 2.79. The molecule has 31 heavy (non-hydrogen) atoms. The van der Waals surface area contributed by atoms with Crippen LogP contribution >= 0.6 is 0 Å². The zero-order valence-corrected chi connectivity index (χ0v) is 18.4. The van der Waals surface area contributed by atoms with Gasteiger partial charge in [0.15, 0.2) is 0 Å². The van der Waals surface area contributed by atoms with E-state index in [-0.39, 0.29) is 11.4 Å². The van der Waals surface area contributed by atoms with Gasteiger partial charge in [-0.2, -0.15) is 5.26 Å². The number of benzene rings is 2. The number of hydrogen-bond acceptors (Lipinski definition) is 1. The molecule has 0 saturated heterocycles. The molecule has 1 fully saturated rings. The van der Waals surface area contributed by atoms with E-state index < -0.39 is 5.82 Å². The van der Waals surface area contributed by atoms with Gasteiger partial charge in [-0.1, -0.05) is 50.8 Å². The number of unbranched alkanes of at least 4 members (excludes halogenated alkanes) is 2. The lowest BCUT2D eigenvalue weighted by molar-refractivity contribution is 0.302. The summed E-state index contributed by atoms with van der Waals surface area (Å²) in [4.78, 5) is 0. The maximum atomic E-state index is 15.1. The molecule has 0 unspecified atom stereocenters. The monoisotopic (exact) mass is 419 g/mol. The second-order valence-corrected chi connectivity index (χ2v) is 9.26. The molecule has 0 spiro atoms. The standard InChI is InChI=1S/C28H31F2N/c1-2-3-4-5-19-6-8-20(9-7-19)22-12-13-26(28(30)16-22)23-11-10-21-14-25(18-31)27(29)17-24(21)15-23/h12-17,19-20H,2-11H2,1H3. The van der Waals surface area contributed by atoms with Gasteiger partial charge in [-0.15, -0.1) is 0 Å². The van der Waals surface area contributed by atoms with Gasteiger partial charge >= 0.3 is 0 Å². The number of nitrogens with zero attached hydrogens (tertiary/aromatic N) is 1. The zero-order chi connectivity index (χ0) is 21.8. The van der Waals surface area contributed by atoms with E-state index in [1.54, 1.807) is 12.1 Å². The van der Waals surface area contributed by atoms with Crippen LogP contribution in [0.3, 0.4) is 0 Å². The highest BCUT2D eigenvalue weighted by Crippen LogP contribution is 2.39. The minimum atomic E-state index is -0.514. The molecule has 2 aromatic rings. The van der Waals surface area contributed by atoms with Crippen LogP contribution in [-0.4, -0.2) is 0 Å². The van der Waals surface area contributed by atoms with Crippen LogP contribution in [0.25, 0.3) is 11.6 Å². The predicted octanol–water partition coefficient (Wildman–Crippen LogP) is 8.18. The fourth-order valence-corrected chi connectivity index (χ4v) is 5.32. The van der Waals surface area contributed by atoms with Gasteiger partial charge in [-0.25, -0.2) is 8.78 Å². The van der Waals surface area contributed by atoms with Crippen molar-refractivity contribution in [3.63, 3.8) is 0 Å². The summed E-state index contributed by atoms with van der Waals surface area (Å²) in [6.45, 7) is 2.25. The van der Waals surface area contributed by atoms with Gasteiger partial charge in [0.2, 0.25) is 0 Å². The molecule has 0 heterocycles. The number of allylic oxidation sites excluding steroid dienone is 1. The first-order chi connectivity index (χ1) is 15.1. The molecule has 0 aromatic heterocycles. The van der Waals surface area contributed by atoms with Crippen molar-refractivity contribution in [2.75, 3.05) is 0 Å². The molecule has 3 heteroatoms. The molecule has 1 nitrogen and oxygen atoms in total. The summed E-state index contributed by atoms with van der Waals surface area (Å²) >= 11 is 0. The van der Waals surface area contributed by atoms with Crippen LogP contribution in [0.2, 0.25) is 0 Å². The Bertz CT molecular complexity index is 1010. The molecule has 2 aliphatic carbocycles. The Hall–Kier alpha value is -2.47. The first-order valence-electron chi connectivity index (χ1n) is 11.8. The second kappa shape index (κ2) is 9.77. The van der Waals surface area contributed by atoms with Gasteiger partial charge in [-0.3, -0.25) is 0 Å². The Labute approximate surface area is 184 Å². The van der Waals surface area contributed by atoms with Gasteiger partial charge in [-0.05, 0) is 90.8 Å². The molecule has 0 aliphatic heterocycles. The third kappa shape index (κ3) is 4.90. The molecule has 1 saturated carbocycles. The molecule has 4 rings (SSSR count). The quantitative estimate of drug-likeness (QED) is 0.433. The molecular weight excluding hydrogens is 388 g/mol. The van der Waals surface area contributed by atoms with Crippen molar-refractivity contribution >= 4 is 11.6 Å². The van der Waals surface area contributed by atoms with Gasteiger partial charge in [0.25, 0.3) is 0 Å². The molecule has 162 valence electrons. The van der Waals surface area contributed by atoms with E-state index in [0.717, 1.165) is 41.0 Å². The maximum Gasteiger partial charge on any atom is 0.141 e. The summed E-state index contributed by atoms with van der Waals surface area (Å²) in [6, 6.07) is 10.7. The van der Waals surface area contributed by atoms with E-state index in [0.29, 0.717) is 24.3 Å². The Morgan fingerprint density at radius 1 is 0.968 bits per heavy atom. The lowest BCUT2D eigenvalue weighted by Gasteiger charge is -2.29. The van der Waals surface area contributed by atoms with Gasteiger partial charge in [0.1, 0.15) is 17.7 Å². The van der Waals surface area contributed by atoms with Crippen molar-refractivity contribution < 1.29 is 8.78 Å². The third-order valence-corrected chi connectivity index (χ3v) is 7.22. The lowest BCUT2D eigenvalue weighted by atomic mass is 9.76. The van der Waals surface area contributed by atoms with E-state index in [1.165, 1.54) is 44.6 Å². The van der Waals surface area contributed by atoms with Gasteiger partial charge in [0, 0.05) is 5.56 Å². The average molecular weight is 420 g/mol. The molecule has 0 radical (unpaired) electrons. The lowest BCUT2D eigenvalue weighted by Crippen LogP contribution is -2.13. The Kier molecular flexibility index (Phi) is 6.86. The number of rotatable bonds is 6. The van der Waals surface area contributed by atoms with Crippen molar-refractivity contribution in [3.05, 3.63) is 69.8 Å². The highest BCUT2D eigenvalue weighted by molar-refractivity contribution is 5.85. The fourth-order valence-electron chi connectivity index (χ4n) is 5.32. The van der Waals surface area contributed by atoms with Crippen LogP contribution in [0.1, 0.15) is 98.4 Å². The molecule has 0 N–H and O–H groups in total. The first-order valence-corrected chi connectivity index (χ1v) is 11.8. The van der Waals surface area contributed by atoms with Crippen molar-refractivity contribution in [2.45, 2.75) is 77.0 Å². The largest absolute Gasteiger partial charge is 0.206 e. The van der Waals surface area contributed by atoms with E-state index in [1.807, 2.05) is 18.2 Å².